The molecule has 12 aromatic rings. The molecule has 555 valence electrons. The normalized spacial score (nSPS) is 12.2. The fourth-order valence-electron chi connectivity index (χ4n) is 10.2. The monoisotopic (exact) mass is 1950 g/mol. The van der Waals surface area contributed by atoms with Crippen LogP contribution in [0.4, 0.5) is 17.6 Å². The molecule has 19 heteroatoms. The number of aryl methyl sites for hydroxylation is 4. The number of aliphatic hydroxyl groups is 6. The van der Waals surface area contributed by atoms with Gasteiger partial charge in [0.1, 0.15) is 5.82 Å². The van der Waals surface area contributed by atoms with E-state index in [0.717, 1.165) is 85.1 Å². The van der Waals surface area contributed by atoms with Crippen LogP contribution in [0.5, 0.6) is 0 Å². The third-order valence-corrected chi connectivity index (χ3v) is 15.2. The minimum absolute atomic E-state index is 0. The molecule has 0 bridgehead atoms. The Morgan fingerprint density at radius 2 is 0.648 bits per heavy atom. The molecule has 0 aliphatic rings. The van der Waals surface area contributed by atoms with Crippen LogP contribution in [0, 0.1) is 51.7 Å². The summed E-state index contributed by atoms with van der Waals surface area (Å²) >= 11 is 0. The van der Waals surface area contributed by atoms with E-state index in [-0.39, 0.29) is 103 Å². The van der Waals surface area contributed by atoms with E-state index in [1.807, 2.05) is 129 Å². The number of alkyl halides is 3. The summed E-state index contributed by atoms with van der Waals surface area (Å²) in [4.78, 5) is 28.5. The van der Waals surface area contributed by atoms with Crippen molar-refractivity contribution in [2.45, 2.75) is 131 Å². The second-order valence-corrected chi connectivity index (χ2v) is 25.0. The number of aromatic nitrogens is 6. The summed E-state index contributed by atoms with van der Waals surface area (Å²) in [5, 5.41) is 51.4. The summed E-state index contributed by atoms with van der Waals surface area (Å²) in [6.45, 7) is 18.2. The number of halogens is 4. The molecule has 0 saturated carbocycles. The maximum Gasteiger partial charge on any atom is 0.416 e. The SMILES string of the molecule is CC(O)CC(C)O.CC(O)CC(C)O.CC(O)CC(C)O.Cc1c[c-]c(-c2ncc(-c3cccc(F)c3)nc2-c2ccc(C)cc2)cc1.Cc1c[c-]c(-c2ncc(-c3ccccc3)nc2-c2ccc(C)cc2)cc1.FC(F)(F)c1ccc(-c2cnc(-c3[c-]cccc3)c(-c3ccccc3)n2)cc1.[Ir].[Ir].[Ir]. The number of benzene rings is 9. The molecule has 0 amide bonds. The predicted octanol–water partition coefficient (Wildman–Crippen LogP) is 18.6. The quantitative estimate of drug-likeness (QED) is 0.0420. The first-order chi connectivity index (χ1) is 48.7. The van der Waals surface area contributed by atoms with Gasteiger partial charge in [0.25, 0.3) is 0 Å². The number of aliphatic hydroxyl groups excluding tert-OH is 6. The van der Waals surface area contributed by atoms with Crippen molar-refractivity contribution in [2.24, 2.45) is 0 Å². The molecule has 0 spiro atoms. The Morgan fingerprint density at radius 1 is 0.333 bits per heavy atom. The largest absolute Gasteiger partial charge is 0.416 e. The van der Waals surface area contributed by atoms with E-state index in [1.165, 1.54) is 41.0 Å². The van der Waals surface area contributed by atoms with Crippen LogP contribution in [0.15, 0.2) is 237 Å². The van der Waals surface area contributed by atoms with Gasteiger partial charge in [-0.1, -0.05) is 158 Å². The van der Waals surface area contributed by atoms with Crippen LogP contribution >= 0.6 is 0 Å². The second kappa shape index (κ2) is 44.6. The van der Waals surface area contributed by atoms with E-state index < -0.39 is 11.7 Å². The van der Waals surface area contributed by atoms with Crippen molar-refractivity contribution in [1.29, 1.82) is 0 Å². The summed E-state index contributed by atoms with van der Waals surface area (Å²) in [5.41, 5.74) is 18.5. The van der Waals surface area contributed by atoms with Crippen LogP contribution < -0.4 is 0 Å². The topological polar surface area (TPSA) is 199 Å². The standard InChI is InChI=1S/C24H18FN2.C24H19N2.C23H14F3N2.3C5H12O2.3Ir/c1-16-6-10-18(11-7-16)23-24(19-12-8-17(2)9-13-19)27-22(15-26-23)20-4-3-5-21(25)14-20;1-17-8-12-20(13-9-17)23-24(21-14-10-18(2)11-15-21)26-22(16-25-23)19-6-4-3-5-7-19;24-23(25,26)19-13-11-16(12-14-19)20-15-27-21(17-7-3-1-4-8-17)22(28-20)18-9-5-2-6-10-18;3*1-4(6)3-5(2)7;;;/h3-10,12-15H,1-2H3;3-12,14-16H,1-2H3;1-7,9-15H;3*4-7H,3H2,1-2H3;;;/q3*-1;;;;;;. The van der Waals surface area contributed by atoms with Gasteiger partial charge in [-0.3, -0.25) is 15.0 Å². The molecule has 3 aromatic heterocycles. The molecule has 3 heterocycles. The number of hydrogen-bond donors (Lipinski definition) is 6. The summed E-state index contributed by atoms with van der Waals surface area (Å²) in [5.74, 6) is -0.290. The Morgan fingerprint density at radius 3 is 0.971 bits per heavy atom. The molecule has 6 N–H and O–H groups in total. The van der Waals surface area contributed by atoms with Crippen LogP contribution in [-0.4, -0.2) is 97.2 Å². The Balaban J connectivity index is 0.000000289. The van der Waals surface area contributed by atoms with Gasteiger partial charge < -0.3 is 45.6 Å². The first-order valence-electron chi connectivity index (χ1n) is 33.5. The van der Waals surface area contributed by atoms with Crippen molar-refractivity contribution in [2.75, 3.05) is 0 Å². The van der Waals surface area contributed by atoms with E-state index in [1.54, 1.807) is 66.1 Å². The van der Waals surface area contributed by atoms with Gasteiger partial charge in [-0.25, -0.2) is 4.39 Å². The Hall–Kier alpha value is -8.35. The molecule has 12 nitrogen and oxygen atoms in total. The summed E-state index contributed by atoms with van der Waals surface area (Å²) < 4.78 is 52.1. The second-order valence-electron chi connectivity index (χ2n) is 25.0. The van der Waals surface area contributed by atoms with Gasteiger partial charge in [-0.15, -0.1) is 107 Å². The van der Waals surface area contributed by atoms with Gasteiger partial charge in [0.15, 0.2) is 0 Å². The average molecular weight is 1950 g/mol. The van der Waals surface area contributed by atoms with Crippen LogP contribution in [0.1, 0.15) is 88.6 Å². The fourth-order valence-corrected chi connectivity index (χ4v) is 10.2. The molecule has 105 heavy (non-hydrogen) atoms. The van der Waals surface area contributed by atoms with Crippen molar-refractivity contribution in [3.63, 3.8) is 0 Å². The molecule has 0 aliphatic heterocycles. The maximum absolute atomic E-state index is 13.6. The van der Waals surface area contributed by atoms with E-state index in [9.17, 15) is 17.6 Å². The van der Waals surface area contributed by atoms with Crippen LogP contribution in [0.3, 0.4) is 0 Å². The molecular formula is C86H87F4Ir3N6O6-3. The van der Waals surface area contributed by atoms with Crippen LogP contribution in [-0.2, 0) is 66.5 Å². The van der Waals surface area contributed by atoms with Gasteiger partial charge in [-0.05, 0) is 116 Å². The first kappa shape index (κ1) is 89.0. The zero-order chi connectivity index (χ0) is 73.9. The minimum atomic E-state index is -4.37. The smallest absolute Gasteiger partial charge is 0.393 e. The third-order valence-electron chi connectivity index (χ3n) is 15.2. The van der Waals surface area contributed by atoms with E-state index in [0.29, 0.717) is 53.2 Å². The minimum Gasteiger partial charge on any atom is -0.393 e. The van der Waals surface area contributed by atoms with E-state index in [4.69, 9.17) is 50.6 Å². The molecule has 0 saturated heterocycles. The van der Waals surface area contributed by atoms with Crippen LogP contribution in [0.25, 0.3) is 101 Å². The van der Waals surface area contributed by atoms with Gasteiger partial charge in [0, 0.05) is 113 Å². The predicted molar refractivity (Wildman–Crippen MR) is 399 cm³/mol. The molecule has 9 aromatic carbocycles. The molecule has 0 fully saturated rings. The Labute approximate surface area is 655 Å². The molecule has 0 aliphatic carbocycles. The number of hydrogen-bond acceptors (Lipinski definition) is 12. The van der Waals surface area contributed by atoms with E-state index >= 15 is 0 Å². The average Bonchev–Trinajstić information content (AvgIpc) is 0.804. The van der Waals surface area contributed by atoms with Gasteiger partial charge in [0.05, 0.1) is 76.4 Å². The number of rotatable bonds is 15. The van der Waals surface area contributed by atoms with Gasteiger partial charge >= 0.3 is 6.18 Å². The molecule has 6 atom stereocenters. The zero-order valence-corrected chi connectivity index (χ0v) is 67.2. The molecule has 3 radical (unpaired) electrons. The van der Waals surface area contributed by atoms with Gasteiger partial charge in [-0.2, -0.15) is 13.2 Å². The Kier molecular flexibility index (Phi) is 37.8. The zero-order valence-electron chi connectivity index (χ0n) is 60.0. The van der Waals surface area contributed by atoms with Crippen molar-refractivity contribution in [1.82, 2.24) is 29.9 Å². The van der Waals surface area contributed by atoms with Crippen molar-refractivity contribution in [3.05, 3.63) is 289 Å². The summed E-state index contributed by atoms with van der Waals surface area (Å²) in [7, 11) is 0. The van der Waals surface area contributed by atoms with E-state index in [2.05, 4.69) is 103 Å². The Bertz CT molecular complexity index is 4420. The molecule has 6 unspecified atom stereocenters. The first-order valence-corrected chi connectivity index (χ1v) is 33.5. The van der Waals surface area contributed by atoms with Gasteiger partial charge in [0.2, 0.25) is 0 Å². The molecule has 12 rings (SSSR count). The summed E-state index contributed by atoms with van der Waals surface area (Å²) in [6.07, 6.45) is -0.0941. The van der Waals surface area contributed by atoms with Crippen molar-refractivity contribution >= 4 is 0 Å². The fraction of sp³-hybridized carbons (Fsp3) is 0.233. The third kappa shape index (κ3) is 29.5. The van der Waals surface area contributed by atoms with Crippen molar-refractivity contribution in [3.8, 4) is 101 Å². The summed E-state index contributed by atoms with van der Waals surface area (Å²) in [6, 6.07) is 77.0. The van der Waals surface area contributed by atoms with Crippen molar-refractivity contribution < 1.29 is 109 Å². The maximum atomic E-state index is 13.6. The molecular weight excluding hydrogens is 1870 g/mol. The van der Waals surface area contributed by atoms with Crippen LogP contribution in [0.2, 0.25) is 0 Å². The number of nitrogens with zero attached hydrogens (tertiary/aromatic N) is 6.